The molecular weight excluding hydrogens is 488 g/mol. The van der Waals surface area contributed by atoms with Crippen molar-refractivity contribution < 1.29 is 14.3 Å². The Morgan fingerprint density at radius 2 is 1.77 bits per heavy atom. The Morgan fingerprint density at radius 1 is 0.974 bits per heavy atom. The maximum absolute atomic E-state index is 13.2. The molecule has 7 nitrogen and oxygen atoms in total. The van der Waals surface area contributed by atoms with Crippen molar-refractivity contribution in [2.75, 3.05) is 56.7 Å². The van der Waals surface area contributed by atoms with Crippen LogP contribution in [0.15, 0.2) is 66.7 Å². The Kier molecular flexibility index (Phi) is 7.26. The van der Waals surface area contributed by atoms with Crippen LogP contribution in [0.5, 0.6) is 11.5 Å². The quantitative estimate of drug-likeness (QED) is 0.438. The predicted molar refractivity (Wildman–Crippen MR) is 156 cm³/mol. The van der Waals surface area contributed by atoms with Crippen LogP contribution in [0.2, 0.25) is 0 Å². The molecule has 6 rings (SSSR count). The molecule has 0 bridgehead atoms. The molecule has 1 N–H and O–H groups in total. The highest BCUT2D eigenvalue weighted by Gasteiger charge is 2.29. The first-order valence-electron chi connectivity index (χ1n) is 13.9. The van der Waals surface area contributed by atoms with Crippen LogP contribution in [-0.4, -0.2) is 68.3 Å². The molecule has 0 aliphatic carbocycles. The van der Waals surface area contributed by atoms with Crippen LogP contribution in [0.4, 0.5) is 17.1 Å². The molecule has 7 heteroatoms. The third-order valence-corrected chi connectivity index (χ3v) is 7.86. The fraction of sp³-hybridized carbons (Fsp3) is 0.344. The van der Waals surface area contributed by atoms with Gasteiger partial charge in [-0.15, -0.1) is 0 Å². The van der Waals surface area contributed by atoms with Gasteiger partial charge in [-0.3, -0.25) is 9.69 Å². The molecule has 202 valence electrons. The molecule has 0 spiro atoms. The first kappa shape index (κ1) is 25.5. The lowest BCUT2D eigenvalue weighted by molar-refractivity contribution is 0.102. The number of carbonyl (C=O) groups excluding carboxylic acids is 1. The smallest absolute Gasteiger partial charge is 0.255 e. The number of hydrogen-bond donors (Lipinski definition) is 1. The van der Waals surface area contributed by atoms with Gasteiger partial charge in [-0.1, -0.05) is 30.3 Å². The Labute approximate surface area is 230 Å². The maximum Gasteiger partial charge on any atom is 0.255 e. The largest absolute Gasteiger partial charge is 0.486 e. The lowest BCUT2D eigenvalue weighted by Crippen LogP contribution is -2.47. The van der Waals surface area contributed by atoms with E-state index in [0.717, 1.165) is 35.7 Å². The molecule has 3 aliphatic rings. The van der Waals surface area contributed by atoms with Gasteiger partial charge in [0.2, 0.25) is 0 Å². The van der Waals surface area contributed by atoms with Crippen molar-refractivity contribution in [1.29, 1.82) is 0 Å². The van der Waals surface area contributed by atoms with Crippen LogP contribution in [0.25, 0.3) is 6.08 Å². The summed E-state index contributed by atoms with van der Waals surface area (Å²) in [4.78, 5) is 20.6. The normalized spacial score (nSPS) is 18.3. The Morgan fingerprint density at radius 3 is 2.62 bits per heavy atom. The van der Waals surface area contributed by atoms with Crippen LogP contribution < -0.4 is 19.7 Å². The zero-order valence-corrected chi connectivity index (χ0v) is 22.7. The Balaban J connectivity index is 1.27. The zero-order chi connectivity index (χ0) is 26.8. The number of anilines is 3. The summed E-state index contributed by atoms with van der Waals surface area (Å²) in [5, 5.41) is 3.10. The van der Waals surface area contributed by atoms with E-state index in [1.807, 2.05) is 6.07 Å². The number of amides is 1. The summed E-state index contributed by atoms with van der Waals surface area (Å²) in [5.41, 5.74) is 5.86. The summed E-state index contributed by atoms with van der Waals surface area (Å²) in [6.45, 7) is 7.58. The molecule has 3 heterocycles. The highest BCUT2D eigenvalue weighted by Crippen LogP contribution is 2.39. The first-order valence-corrected chi connectivity index (χ1v) is 13.9. The number of benzene rings is 3. The van der Waals surface area contributed by atoms with E-state index in [2.05, 4.69) is 82.5 Å². The summed E-state index contributed by atoms with van der Waals surface area (Å²) in [5.74, 6) is 1.10. The number of nitrogens with one attached hydrogen (secondary N) is 1. The van der Waals surface area contributed by atoms with Gasteiger partial charge in [-0.05, 0) is 93.5 Å². The van der Waals surface area contributed by atoms with E-state index in [0.29, 0.717) is 30.3 Å². The standard InChI is InChI=1S/C32H36N4O3/c1-23-9-12-26(33-32(37)25-10-13-29-30(21-25)39-20-19-38-29)22-28(23)36-27-8-4-3-7-24(27)11-14-31(36)34(2)17-18-35-15-5-6-16-35/h3-4,7-14,21-22,31H,5-6,15-20H2,1-2H3,(H,33,37). The van der Waals surface area contributed by atoms with E-state index in [4.69, 9.17) is 9.47 Å². The average molecular weight is 525 g/mol. The maximum atomic E-state index is 13.2. The van der Waals surface area contributed by atoms with Crippen LogP contribution in [0.3, 0.4) is 0 Å². The number of carbonyl (C=O) groups is 1. The minimum absolute atomic E-state index is 0.0601. The number of aryl methyl sites for hydroxylation is 1. The van der Waals surface area contributed by atoms with Gasteiger partial charge in [-0.25, -0.2) is 0 Å². The summed E-state index contributed by atoms with van der Waals surface area (Å²) in [6, 6.07) is 20.0. The molecule has 1 amide bonds. The monoisotopic (exact) mass is 524 g/mol. The Bertz CT molecular complexity index is 1380. The van der Waals surface area contributed by atoms with Crippen molar-refractivity contribution in [3.05, 3.63) is 83.4 Å². The molecule has 3 aromatic carbocycles. The molecule has 1 fully saturated rings. The zero-order valence-electron chi connectivity index (χ0n) is 22.7. The minimum Gasteiger partial charge on any atom is -0.486 e. The number of likely N-dealkylation sites (tertiary alicyclic amines) is 1. The number of likely N-dealkylation sites (N-methyl/N-ethyl adjacent to an activating group) is 1. The summed E-state index contributed by atoms with van der Waals surface area (Å²) in [6.07, 6.45) is 7.18. The molecule has 0 radical (unpaired) electrons. The van der Waals surface area contributed by atoms with Crippen LogP contribution in [0, 0.1) is 6.92 Å². The van der Waals surface area contributed by atoms with E-state index >= 15 is 0 Å². The molecular formula is C32H36N4O3. The minimum atomic E-state index is -0.181. The fourth-order valence-electron chi connectivity index (χ4n) is 5.65. The van der Waals surface area contributed by atoms with Gasteiger partial charge in [0.1, 0.15) is 19.4 Å². The third kappa shape index (κ3) is 5.37. The van der Waals surface area contributed by atoms with Crippen molar-refractivity contribution in [2.45, 2.75) is 25.9 Å². The SMILES string of the molecule is Cc1ccc(NC(=O)c2ccc3c(c2)OCCO3)cc1N1c2ccccc2C=CC1N(C)CCN1CCCC1. The first-order chi connectivity index (χ1) is 19.1. The van der Waals surface area contributed by atoms with Gasteiger partial charge < -0.3 is 24.6 Å². The number of ether oxygens (including phenoxy) is 2. The number of nitrogens with zero attached hydrogens (tertiary/aromatic N) is 3. The van der Waals surface area contributed by atoms with Gasteiger partial charge in [0, 0.05) is 30.0 Å². The second-order valence-electron chi connectivity index (χ2n) is 10.5. The molecule has 0 saturated carbocycles. The summed E-state index contributed by atoms with van der Waals surface area (Å²) in [7, 11) is 2.20. The van der Waals surface area contributed by atoms with Gasteiger partial charge in [-0.2, -0.15) is 0 Å². The molecule has 3 aliphatic heterocycles. The highest BCUT2D eigenvalue weighted by atomic mass is 16.6. The van der Waals surface area contributed by atoms with E-state index in [9.17, 15) is 4.79 Å². The number of fused-ring (bicyclic) bond motifs is 2. The van der Waals surface area contributed by atoms with Gasteiger partial charge >= 0.3 is 0 Å². The van der Waals surface area contributed by atoms with Crippen molar-refractivity contribution in [2.24, 2.45) is 0 Å². The molecule has 0 aromatic heterocycles. The summed E-state index contributed by atoms with van der Waals surface area (Å²) >= 11 is 0. The van der Waals surface area contributed by atoms with E-state index < -0.39 is 0 Å². The van der Waals surface area contributed by atoms with Crippen molar-refractivity contribution >= 4 is 29.0 Å². The topological polar surface area (TPSA) is 57.3 Å². The van der Waals surface area contributed by atoms with E-state index in [-0.39, 0.29) is 12.1 Å². The van der Waals surface area contributed by atoms with Gasteiger partial charge in [0.15, 0.2) is 11.5 Å². The van der Waals surface area contributed by atoms with Crippen molar-refractivity contribution in [3.63, 3.8) is 0 Å². The second-order valence-corrected chi connectivity index (χ2v) is 10.5. The summed E-state index contributed by atoms with van der Waals surface area (Å²) < 4.78 is 11.3. The second kappa shape index (κ2) is 11.1. The van der Waals surface area contributed by atoms with Gasteiger partial charge in [0.05, 0.1) is 5.69 Å². The van der Waals surface area contributed by atoms with Gasteiger partial charge in [0.25, 0.3) is 5.91 Å². The third-order valence-electron chi connectivity index (χ3n) is 7.86. The predicted octanol–water partition coefficient (Wildman–Crippen LogP) is 5.54. The molecule has 1 atom stereocenters. The van der Waals surface area contributed by atoms with Crippen LogP contribution in [0.1, 0.15) is 34.3 Å². The van der Waals surface area contributed by atoms with Crippen molar-refractivity contribution in [1.82, 2.24) is 9.80 Å². The number of hydrogen-bond acceptors (Lipinski definition) is 6. The Hall–Kier alpha value is -3.81. The molecule has 3 aromatic rings. The van der Waals surface area contributed by atoms with Crippen LogP contribution in [-0.2, 0) is 0 Å². The number of para-hydroxylation sites is 1. The van der Waals surface area contributed by atoms with E-state index in [1.165, 1.54) is 31.5 Å². The lowest BCUT2D eigenvalue weighted by atomic mass is 10.0. The fourth-order valence-corrected chi connectivity index (χ4v) is 5.65. The highest BCUT2D eigenvalue weighted by molar-refractivity contribution is 6.05. The van der Waals surface area contributed by atoms with Crippen molar-refractivity contribution in [3.8, 4) is 11.5 Å². The molecule has 1 unspecified atom stereocenters. The lowest BCUT2D eigenvalue weighted by Gasteiger charge is -2.41. The molecule has 39 heavy (non-hydrogen) atoms. The molecule has 1 saturated heterocycles. The van der Waals surface area contributed by atoms with Crippen LogP contribution >= 0.6 is 0 Å². The average Bonchev–Trinajstić information content (AvgIpc) is 3.50. The number of rotatable bonds is 7. The van der Waals surface area contributed by atoms with E-state index in [1.54, 1.807) is 18.2 Å².